The average molecular weight is 466 g/mol. The van der Waals surface area contributed by atoms with Gasteiger partial charge < -0.3 is 0 Å². The summed E-state index contributed by atoms with van der Waals surface area (Å²) in [6, 6.07) is 6.46. The van der Waals surface area contributed by atoms with Crippen LogP contribution in [-0.2, 0) is 4.79 Å². The van der Waals surface area contributed by atoms with Crippen molar-refractivity contribution in [1.29, 1.82) is 0 Å². The Morgan fingerprint density at radius 3 is 2.40 bits per heavy atom. The van der Waals surface area contributed by atoms with Crippen LogP contribution in [0.4, 0.5) is 10.5 Å². The smallest absolute Gasteiger partial charge is 0.276 e. The highest BCUT2D eigenvalue weighted by molar-refractivity contribution is 9.14. The minimum atomic E-state index is -0.467. The van der Waals surface area contributed by atoms with E-state index in [9.17, 15) is 9.59 Å². The first kappa shape index (κ1) is 15.4. The van der Waals surface area contributed by atoms with E-state index in [-0.39, 0.29) is 5.84 Å². The van der Waals surface area contributed by atoms with Crippen molar-refractivity contribution in [3.63, 3.8) is 0 Å². The van der Waals surface area contributed by atoms with Crippen molar-refractivity contribution in [2.24, 2.45) is 4.99 Å². The van der Waals surface area contributed by atoms with Gasteiger partial charge in [0, 0.05) is 16.5 Å². The number of carbonyl (C=O) groups excluding carboxylic acids is 2. The van der Waals surface area contributed by atoms with E-state index in [1.807, 2.05) is 0 Å². The third kappa shape index (κ3) is 2.87. The van der Waals surface area contributed by atoms with Crippen molar-refractivity contribution in [2.75, 3.05) is 11.9 Å². The molecule has 0 aromatic heterocycles. The molecule has 1 aliphatic heterocycles. The van der Waals surface area contributed by atoms with Crippen LogP contribution in [0.15, 0.2) is 43.3 Å². The molecule has 8 heteroatoms. The molecule has 104 valence electrons. The zero-order valence-electron chi connectivity index (χ0n) is 10.2. The van der Waals surface area contributed by atoms with Gasteiger partial charge in [0.25, 0.3) is 0 Å². The Bertz CT molecular complexity index is 625. The van der Waals surface area contributed by atoms with Crippen LogP contribution in [0.3, 0.4) is 0 Å². The van der Waals surface area contributed by atoms with E-state index in [0.29, 0.717) is 10.3 Å². The fourth-order valence-corrected chi connectivity index (χ4v) is 2.17. The molecule has 1 fully saturated rings. The fourth-order valence-electron chi connectivity index (χ4n) is 1.64. The molecular weight excluding hydrogens is 458 g/mol. The molecule has 0 unspecified atom stereocenters. The molecular formula is C12H8Br3N3O2. The number of rotatable bonds is 2. The van der Waals surface area contributed by atoms with Crippen LogP contribution >= 0.6 is 47.8 Å². The number of urea groups is 1. The first-order valence-electron chi connectivity index (χ1n) is 5.38. The van der Waals surface area contributed by atoms with Crippen LogP contribution < -0.4 is 4.90 Å². The molecule has 3 amide bonds. The Balaban J connectivity index is 2.42. The highest BCUT2D eigenvalue weighted by Crippen LogP contribution is 2.24. The number of benzene rings is 1. The molecule has 0 saturated carbocycles. The van der Waals surface area contributed by atoms with Crippen molar-refractivity contribution in [1.82, 2.24) is 4.90 Å². The van der Waals surface area contributed by atoms with E-state index in [1.54, 1.807) is 24.3 Å². The number of aliphatic imine (C=N–C) groups is 1. The minimum Gasteiger partial charge on any atom is -0.276 e. The van der Waals surface area contributed by atoms with Crippen molar-refractivity contribution < 1.29 is 9.59 Å². The lowest BCUT2D eigenvalue weighted by molar-refractivity contribution is -0.111. The van der Waals surface area contributed by atoms with E-state index in [0.717, 1.165) is 9.37 Å². The zero-order valence-corrected chi connectivity index (χ0v) is 14.9. The van der Waals surface area contributed by atoms with Crippen LogP contribution in [0.25, 0.3) is 0 Å². The van der Waals surface area contributed by atoms with Gasteiger partial charge in [-0.3, -0.25) is 9.69 Å². The highest BCUT2D eigenvalue weighted by Gasteiger charge is 2.41. The third-order valence-electron chi connectivity index (χ3n) is 2.58. The first-order valence-corrected chi connectivity index (χ1v) is 7.88. The van der Waals surface area contributed by atoms with E-state index < -0.39 is 11.9 Å². The maximum absolute atomic E-state index is 12.3. The Morgan fingerprint density at radius 2 is 1.85 bits per heavy atom. The Hall–Kier alpha value is -0.990. The summed E-state index contributed by atoms with van der Waals surface area (Å²) in [7, 11) is 1.51. The van der Waals surface area contributed by atoms with Gasteiger partial charge in [0.15, 0.2) is 0 Å². The Labute approximate surface area is 140 Å². The molecule has 2 rings (SSSR count). The quantitative estimate of drug-likeness (QED) is 0.492. The number of likely N-dealkylation sites (N-methyl/N-ethyl adjacent to an activating group) is 1. The van der Waals surface area contributed by atoms with Crippen molar-refractivity contribution in [2.45, 2.75) is 0 Å². The van der Waals surface area contributed by atoms with Gasteiger partial charge in [-0.25, -0.2) is 14.7 Å². The van der Waals surface area contributed by atoms with Gasteiger partial charge in [0.05, 0.1) is 5.69 Å². The second kappa shape index (κ2) is 6.19. The van der Waals surface area contributed by atoms with Gasteiger partial charge in [-0.2, -0.15) is 0 Å². The molecule has 0 N–H and O–H groups in total. The summed E-state index contributed by atoms with van der Waals surface area (Å²) in [4.78, 5) is 32.3. The molecule has 5 nitrogen and oxygen atoms in total. The van der Waals surface area contributed by atoms with Crippen LogP contribution in [0.2, 0.25) is 0 Å². The molecule has 1 saturated heterocycles. The number of hydrogen-bond acceptors (Lipinski definition) is 3. The van der Waals surface area contributed by atoms with Crippen LogP contribution in [0, 0.1) is 0 Å². The lowest BCUT2D eigenvalue weighted by atomic mass is 10.3. The number of amides is 3. The fraction of sp³-hybridized carbons (Fsp3) is 0.0833. The maximum atomic E-state index is 12.3. The van der Waals surface area contributed by atoms with Crippen LogP contribution in [0.1, 0.15) is 0 Å². The Morgan fingerprint density at radius 1 is 1.25 bits per heavy atom. The lowest BCUT2D eigenvalue weighted by Gasteiger charge is -2.12. The molecule has 1 aliphatic rings. The summed E-state index contributed by atoms with van der Waals surface area (Å²) < 4.78 is 1.28. The number of anilines is 1. The zero-order chi connectivity index (χ0) is 14.9. The number of amidine groups is 1. The van der Waals surface area contributed by atoms with E-state index in [2.05, 4.69) is 52.8 Å². The number of hydrogen-bond donors (Lipinski definition) is 0. The van der Waals surface area contributed by atoms with E-state index in [4.69, 9.17) is 0 Å². The summed E-state index contributed by atoms with van der Waals surface area (Å²) in [5.74, 6) is -0.411. The second-order valence-corrected chi connectivity index (χ2v) is 6.01. The van der Waals surface area contributed by atoms with E-state index >= 15 is 0 Å². The predicted octanol–water partition coefficient (Wildman–Crippen LogP) is 3.83. The number of imide groups is 1. The molecule has 0 radical (unpaired) electrons. The molecule has 1 heterocycles. The summed E-state index contributed by atoms with van der Waals surface area (Å²) >= 11 is 9.56. The summed E-state index contributed by atoms with van der Waals surface area (Å²) in [6.07, 6.45) is 0. The normalized spacial score (nSPS) is 18.4. The van der Waals surface area contributed by atoms with Crippen molar-refractivity contribution >= 4 is 71.3 Å². The molecule has 0 bridgehead atoms. The molecule has 20 heavy (non-hydrogen) atoms. The summed E-state index contributed by atoms with van der Waals surface area (Å²) in [6.45, 7) is 0. The van der Waals surface area contributed by atoms with Gasteiger partial charge in [-0.05, 0) is 40.2 Å². The number of nitrogens with zero attached hydrogens (tertiary/aromatic N) is 3. The van der Waals surface area contributed by atoms with Gasteiger partial charge >= 0.3 is 11.9 Å². The number of carbonyl (C=O) groups is 2. The first-order chi connectivity index (χ1) is 9.45. The van der Waals surface area contributed by atoms with Crippen molar-refractivity contribution in [3.05, 3.63) is 38.3 Å². The van der Waals surface area contributed by atoms with Crippen LogP contribution in [-0.4, -0.2) is 29.7 Å². The second-order valence-electron chi connectivity index (χ2n) is 3.83. The topological polar surface area (TPSA) is 53.0 Å². The monoisotopic (exact) mass is 463 g/mol. The average Bonchev–Trinajstić information content (AvgIpc) is 2.64. The SMILES string of the molecule is CN1C(=O)N(c2ccc(Br)cc2)C(=O)C1=N/C(Br)=C/Br. The van der Waals surface area contributed by atoms with E-state index in [1.165, 1.54) is 16.9 Å². The highest BCUT2D eigenvalue weighted by atomic mass is 79.9. The van der Waals surface area contributed by atoms with Crippen LogP contribution in [0.5, 0.6) is 0 Å². The molecule has 0 aliphatic carbocycles. The van der Waals surface area contributed by atoms with Crippen molar-refractivity contribution in [3.8, 4) is 0 Å². The summed E-state index contributed by atoms with van der Waals surface area (Å²) in [5.41, 5.74) is 0.499. The largest absolute Gasteiger partial charge is 0.337 e. The third-order valence-corrected chi connectivity index (χ3v) is 4.56. The molecule has 0 atom stereocenters. The standard InChI is InChI=1S/C12H8Br3N3O2/c1-17-10(16-9(15)6-13)11(19)18(12(17)20)8-4-2-7(14)3-5-8/h2-6H,1H3/b9-6+,16-10?. The molecule has 1 aromatic rings. The van der Waals surface area contributed by atoms with Gasteiger partial charge in [0.2, 0.25) is 5.84 Å². The summed E-state index contributed by atoms with van der Waals surface area (Å²) in [5, 5.41) is 0. The molecule has 0 spiro atoms. The molecule has 1 aromatic carbocycles. The number of halogens is 3. The maximum Gasteiger partial charge on any atom is 0.337 e. The van der Waals surface area contributed by atoms with Gasteiger partial charge in [-0.1, -0.05) is 31.9 Å². The lowest BCUT2D eigenvalue weighted by Crippen LogP contribution is -2.31. The Kier molecular flexibility index (Phi) is 4.77. The van der Waals surface area contributed by atoms with Gasteiger partial charge in [-0.15, -0.1) is 0 Å². The van der Waals surface area contributed by atoms with Gasteiger partial charge in [0.1, 0.15) is 4.61 Å². The predicted molar refractivity (Wildman–Crippen MR) is 88.2 cm³/mol. The minimum absolute atomic E-state index is 0.0560.